The summed E-state index contributed by atoms with van der Waals surface area (Å²) in [6.45, 7) is 5.32. The van der Waals surface area contributed by atoms with Crippen molar-refractivity contribution in [3.63, 3.8) is 0 Å². The second-order valence-corrected chi connectivity index (χ2v) is 6.32. The summed E-state index contributed by atoms with van der Waals surface area (Å²) in [5.41, 5.74) is 1.35. The van der Waals surface area contributed by atoms with Gasteiger partial charge in [-0.05, 0) is 56.9 Å². The van der Waals surface area contributed by atoms with E-state index in [1.54, 1.807) is 25.3 Å². The molecule has 1 aromatic heterocycles. The van der Waals surface area contributed by atoms with Gasteiger partial charge in [0.15, 0.2) is 5.82 Å². The topological polar surface area (TPSA) is 80.2 Å². The Morgan fingerprint density at radius 2 is 2.08 bits per heavy atom. The summed E-state index contributed by atoms with van der Waals surface area (Å²) in [4.78, 5) is 18.6. The van der Waals surface area contributed by atoms with Gasteiger partial charge < -0.3 is 15.0 Å². The van der Waals surface area contributed by atoms with Crippen molar-refractivity contribution in [2.75, 3.05) is 23.4 Å². The molecule has 0 bridgehead atoms. The molecule has 7 nitrogen and oxygen atoms in total. The number of esters is 1. The monoisotopic (exact) mass is 355 g/mol. The lowest BCUT2D eigenvalue weighted by Gasteiger charge is -2.34. The second-order valence-electron chi connectivity index (χ2n) is 6.32. The van der Waals surface area contributed by atoms with Gasteiger partial charge in [0.25, 0.3) is 0 Å². The Labute approximate surface area is 153 Å². The van der Waals surface area contributed by atoms with Crippen LogP contribution >= 0.6 is 0 Å². The zero-order valence-electron chi connectivity index (χ0n) is 15.3. The lowest BCUT2D eigenvalue weighted by Crippen LogP contribution is -2.40. The molecule has 1 saturated heterocycles. The van der Waals surface area contributed by atoms with Gasteiger partial charge in [-0.15, -0.1) is 5.10 Å². The van der Waals surface area contributed by atoms with Gasteiger partial charge in [-0.3, -0.25) is 0 Å². The number of rotatable bonds is 6. The van der Waals surface area contributed by atoms with Crippen molar-refractivity contribution in [2.24, 2.45) is 0 Å². The third-order valence-electron chi connectivity index (χ3n) is 4.57. The SMILES string of the molecule is CCOC(=O)c1ccc(Nc2cnnc(N3CCCCC3CC)n2)cc1. The fraction of sp³-hybridized carbons (Fsp3) is 0.474. The quantitative estimate of drug-likeness (QED) is 0.794. The molecule has 0 amide bonds. The van der Waals surface area contributed by atoms with Crippen LogP contribution in [0.5, 0.6) is 0 Å². The smallest absolute Gasteiger partial charge is 0.338 e. The molecule has 7 heteroatoms. The number of ether oxygens (including phenoxy) is 1. The Kier molecular flexibility index (Phi) is 5.99. The molecule has 1 aliphatic rings. The van der Waals surface area contributed by atoms with Crippen molar-refractivity contribution in [2.45, 2.75) is 45.6 Å². The molecule has 0 saturated carbocycles. The van der Waals surface area contributed by atoms with Crippen LogP contribution in [0.1, 0.15) is 49.9 Å². The van der Waals surface area contributed by atoms with Gasteiger partial charge >= 0.3 is 5.97 Å². The van der Waals surface area contributed by atoms with Gasteiger partial charge in [-0.2, -0.15) is 10.1 Å². The number of aromatic nitrogens is 3. The highest BCUT2D eigenvalue weighted by Gasteiger charge is 2.23. The minimum Gasteiger partial charge on any atom is -0.462 e. The number of anilines is 3. The molecule has 26 heavy (non-hydrogen) atoms. The van der Waals surface area contributed by atoms with Gasteiger partial charge in [0.2, 0.25) is 5.95 Å². The minimum atomic E-state index is -0.319. The van der Waals surface area contributed by atoms with Crippen LogP contribution in [0.2, 0.25) is 0 Å². The van der Waals surface area contributed by atoms with Crippen LogP contribution in [0.4, 0.5) is 17.5 Å². The highest BCUT2D eigenvalue weighted by Crippen LogP contribution is 2.24. The minimum absolute atomic E-state index is 0.319. The molecule has 138 valence electrons. The van der Waals surface area contributed by atoms with Crippen molar-refractivity contribution in [3.05, 3.63) is 36.0 Å². The van der Waals surface area contributed by atoms with Gasteiger partial charge in [-0.25, -0.2) is 4.79 Å². The zero-order valence-corrected chi connectivity index (χ0v) is 15.3. The zero-order chi connectivity index (χ0) is 18.4. The van der Waals surface area contributed by atoms with Crippen LogP contribution in [0, 0.1) is 0 Å². The predicted octanol–water partition coefficient (Wildman–Crippen LogP) is 3.56. The lowest BCUT2D eigenvalue weighted by molar-refractivity contribution is 0.0526. The summed E-state index contributed by atoms with van der Waals surface area (Å²) in [7, 11) is 0. The van der Waals surface area contributed by atoms with E-state index < -0.39 is 0 Å². The summed E-state index contributed by atoms with van der Waals surface area (Å²) in [6.07, 6.45) is 6.27. The number of nitrogens with one attached hydrogen (secondary N) is 1. The van der Waals surface area contributed by atoms with Crippen molar-refractivity contribution < 1.29 is 9.53 Å². The molecular weight excluding hydrogens is 330 g/mol. The Morgan fingerprint density at radius 3 is 2.81 bits per heavy atom. The summed E-state index contributed by atoms with van der Waals surface area (Å²) in [6, 6.07) is 7.58. The average Bonchev–Trinajstić information content (AvgIpc) is 2.69. The Balaban J connectivity index is 1.71. The Bertz CT molecular complexity index is 735. The van der Waals surface area contributed by atoms with E-state index >= 15 is 0 Å². The maximum absolute atomic E-state index is 11.7. The first-order valence-corrected chi connectivity index (χ1v) is 9.21. The van der Waals surface area contributed by atoms with E-state index in [9.17, 15) is 4.79 Å². The normalized spacial score (nSPS) is 17.0. The van der Waals surface area contributed by atoms with Crippen LogP contribution in [0.25, 0.3) is 0 Å². The molecule has 0 aliphatic carbocycles. The highest BCUT2D eigenvalue weighted by molar-refractivity contribution is 5.89. The van der Waals surface area contributed by atoms with Crippen LogP contribution in [0.15, 0.2) is 30.5 Å². The summed E-state index contributed by atoms with van der Waals surface area (Å²) >= 11 is 0. The number of hydrogen-bond donors (Lipinski definition) is 1. The molecule has 1 N–H and O–H groups in total. The van der Waals surface area contributed by atoms with E-state index in [1.165, 1.54) is 12.8 Å². The molecule has 2 heterocycles. The predicted molar refractivity (Wildman–Crippen MR) is 101 cm³/mol. The maximum atomic E-state index is 11.7. The number of nitrogens with zero attached hydrogens (tertiary/aromatic N) is 4. The van der Waals surface area contributed by atoms with Crippen LogP contribution < -0.4 is 10.2 Å². The average molecular weight is 355 g/mol. The second kappa shape index (κ2) is 8.60. The summed E-state index contributed by atoms with van der Waals surface area (Å²) in [5, 5.41) is 11.6. The van der Waals surface area contributed by atoms with Crippen LogP contribution in [-0.4, -0.2) is 40.3 Å². The van der Waals surface area contributed by atoms with E-state index in [1.807, 2.05) is 12.1 Å². The largest absolute Gasteiger partial charge is 0.462 e. The third kappa shape index (κ3) is 4.28. The molecule has 0 spiro atoms. The first-order valence-electron chi connectivity index (χ1n) is 9.21. The van der Waals surface area contributed by atoms with Crippen LogP contribution in [-0.2, 0) is 4.74 Å². The molecule has 1 aliphatic heterocycles. The molecule has 3 rings (SSSR count). The fourth-order valence-electron chi connectivity index (χ4n) is 3.22. The first kappa shape index (κ1) is 18.1. The van der Waals surface area contributed by atoms with E-state index in [4.69, 9.17) is 4.74 Å². The number of carbonyl (C=O) groups excluding carboxylic acids is 1. The van der Waals surface area contributed by atoms with Crippen molar-refractivity contribution in [1.82, 2.24) is 15.2 Å². The third-order valence-corrected chi connectivity index (χ3v) is 4.57. The molecular formula is C19H25N5O2. The number of piperidine rings is 1. The first-order chi connectivity index (χ1) is 12.7. The van der Waals surface area contributed by atoms with E-state index in [2.05, 4.69) is 32.3 Å². The van der Waals surface area contributed by atoms with Gasteiger partial charge in [0.1, 0.15) is 0 Å². The molecule has 2 aromatic rings. The van der Waals surface area contributed by atoms with E-state index in [0.717, 1.165) is 25.1 Å². The standard InChI is InChI=1S/C19H25N5O2/c1-3-16-7-5-6-12-24(16)19-22-17(13-20-23-19)21-15-10-8-14(9-11-15)18(25)26-4-2/h8-11,13,16H,3-7,12H2,1-2H3,(H,21,22,23). The van der Waals surface area contributed by atoms with Gasteiger partial charge in [0.05, 0.1) is 18.4 Å². The Morgan fingerprint density at radius 1 is 1.27 bits per heavy atom. The number of benzene rings is 1. The lowest BCUT2D eigenvalue weighted by atomic mass is 10.0. The molecule has 1 fully saturated rings. The van der Waals surface area contributed by atoms with Crippen molar-refractivity contribution in [3.8, 4) is 0 Å². The van der Waals surface area contributed by atoms with E-state index in [-0.39, 0.29) is 5.97 Å². The summed E-state index contributed by atoms with van der Waals surface area (Å²) in [5.74, 6) is 0.991. The van der Waals surface area contributed by atoms with Crippen molar-refractivity contribution in [1.29, 1.82) is 0 Å². The highest BCUT2D eigenvalue weighted by atomic mass is 16.5. The fourth-order valence-corrected chi connectivity index (χ4v) is 3.22. The van der Waals surface area contributed by atoms with Gasteiger partial charge in [-0.1, -0.05) is 6.92 Å². The van der Waals surface area contributed by atoms with Crippen molar-refractivity contribution >= 4 is 23.4 Å². The van der Waals surface area contributed by atoms with E-state index in [0.29, 0.717) is 30.0 Å². The Hall–Kier alpha value is -2.70. The summed E-state index contributed by atoms with van der Waals surface area (Å²) < 4.78 is 4.99. The molecule has 1 atom stereocenters. The maximum Gasteiger partial charge on any atom is 0.338 e. The van der Waals surface area contributed by atoms with Crippen LogP contribution in [0.3, 0.4) is 0 Å². The molecule has 1 aromatic carbocycles. The molecule has 0 radical (unpaired) electrons. The number of hydrogen-bond acceptors (Lipinski definition) is 7. The number of carbonyl (C=O) groups is 1. The molecule has 1 unspecified atom stereocenters. The van der Waals surface area contributed by atoms with Gasteiger partial charge in [0, 0.05) is 18.3 Å².